The molecule has 108 valence electrons. The lowest BCUT2D eigenvalue weighted by Gasteiger charge is -2.11. The van der Waals surface area contributed by atoms with Gasteiger partial charge < -0.3 is 5.73 Å². The van der Waals surface area contributed by atoms with E-state index in [1.807, 2.05) is 0 Å². The third-order valence-electron chi connectivity index (χ3n) is 2.98. The summed E-state index contributed by atoms with van der Waals surface area (Å²) in [5.74, 6) is -0.406. The minimum atomic E-state index is -0.565. The largest absolute Gasteiger partial charge is 0.369 e. The van der Waals surface area contributed by atoms with Crippen molar-refractivity contribution in [2.45, 2.75) is 0 Å². The molecule has 2 N–H and O–H groups in total. The van der Waals surface area contributed by atoms with Gasteiger partial charge in [0.15, 0.2) is 0 Å². The van der Waals surface area contributed by atoms with Gasteiger partial charge >= 0.3 is 0 Å². The Morgan fingerprint density at radius 1 is 1.14 bits per heavy atom. The normalized spacial score (nSPS) is 11.3. The molecule has 0 fully saturated rings. The Kier molecular flexibility index (Phi) is 3.78. The van der Waals surface area contributed by atoms with Crippen molar-refractivity contribution in [3.8, 4) is 5.69 Å². The second kappa shape index (κ2) is 5.32. The number of imidazole rings is 1. The summed E-state index contributed by atoms with van der Waals surface area (Å²) in [5.41, 5.74) is 7.34. The van der Waals surface area contributed by atoms with E-state index in [1.165, 1.54) is 16.7 Å². The SMILES string of the molecule is Nc1nc2cc(Cl)c(F)cc2n1-c1ccc(Br)c(Cl)c1Cl. The number of benzene rings is 2. The standard InChI is InChI=1S/C13H6BrCl3FN3/c14-5-1-2-9(12(17)11(5)16)21-10-4-7(18)6(15)3-8(10)20-13(21)19/h1-4H,(H2,19,20). The predicted octanol–water partition coefficient (Wildman–Crippen LogP) is 5.47. The summed E-state index contributed by atoms with van der Waals surface area (Å²) in [7, 11) is 0. The zero-order valence-corrected chi connectivity index (χ0v) is 14.0. The van der Waals surface area contributed by atoms with Crippen molar-refractivity contribution < 1.29 is 4.39 Å². The quantitative estimate of drug-likeness (QED) is 0.542. The lowest BCUT2D eigenvalue weighted by molar-refractivity contribution is 0.629. The molecule has 0 saturated heterocycles. The lowest BCUT2D eigenvalue weighted by Crippen LogP contribution is -2.01. The highest BCUT2D eigenvalue weighted by Crippen LogP contribution is 2.37. The molecular formula is C13H6BrCl3FN3. The van der Waals surface area contributed by atoms with Gasteiger partial charge in [-0.2, -0.15) is 0 Å². The van der Waals surface area contributed by atoms with Crippen LogP contribution >= 0.6 is 50.7 Å². The smallest absolute Gasteiger partial charge is 0.205 e. The fourth-order valence-corrected chi connectivity index (χ4v) is 3.04. The van der Waals surface area contributed by atoms with Gasteiger partial charge in [0.05, 0.1) is 31.8 Å². The van der Waals surface area contributed by atoms with Crippen molar-refractivity contribution in [2.75, 3.05) is 5.73 Å². The molecule has 1 heterocycles. The van der Waals surface area contributed by atoms with E-state index in [1.54, 1.807) is 12.1 Å². The molecule has 0 bridgehead atoms. The van der Waals surface area contributed by atoms with Gasteiger partial charge in [-0.25, -0.2) is 9.37 Å². The van der Waals surface area contributed by atoms with Gasteiger partial charge in [0.25, 0.3) is 0 Å². The Morgan fingerprint density at radius 2 is 1.86 bits per heavy atom. The third kappa shape index (κ3) is 2.38. The summed E-state index contributed by atoms with van der Waals surface area (Å²) in [5, 5.41) is 0.601. The first kappa shape index (κ1) is 14.9. The van der Waals surface area contributed by atoms with Crippen LogP contribution < -0.4 is 5.73 Å². The van der Waals surface area contributed by atoms with Gasteiger partial charge in [-0.1, -0.05) is 34.8 Å². The molecule has 0 spiro atoms. The number of hydrogen-bond acceptors (Lipinski definition) is 2. The number of anilines is 1. The number of nitrogens with zero attached hydrogens (tertiary/aromatic N) is 2. The highest BCUT2D eigenvalue weighted by molar-refractivity contribution is 9.10. The summed E-state index contributed by atoms with van der Waals surface area (Å²) in [6.07, 6.45) is 0. The molecule has 1 aromatic heterocycles. The van der Waals surface area contributed by atoms with Gasteiger partial charge in [0, 0.05) is 10.5 Å². The van der Waals surface area contributed by atoms with E-state index in [4.69, 9.17) is 40.5 Å². The fourth-order valence-electron chi connectivity index (χ4n) is 2.03. The van der Waals surface area contributed by atoms with Crippen LogP contribution in [0.1, 0.15) is 0 Å². The van der Waals surface area contributed by atoms with Crippen LogP contribution in [0.5, 0.6) is 0 Å². The lowest BCUT2D eigenvalue weighted by atomic mass is 10.2. The number of nitrogen functional groups attached to an aromatic ring is 1. The number of hydrogen-bond donors (Lipinski definition) is 1. The second-order valence-electron chi connectivity index (χ2n) is 4.25. The van der Waals surface area contributed by atoms with Gasteiger partial charge in [-0.15, -0.1) is 0 Å². The first-order valence-electron chi connectivity index (χ1n) is 5.67. The van der Waals surface area contributed by atoms with Crippen LogP contribution in [0.3, 0.4) is 0 Å². The van der Waals surface area contributed by atoms with Gasteiger partial charge in [0.1, 0.15) is 5.82 Å². The fraction of sp³-hybridized carbons (Fsp3) is 0. The maximum absolute atomic E-state index is 13.7. The van der Waals surface area contributed by atoms with E-state index in [-0.39, 0.29) is 16.0 Å². The summed E-state index contributed by atoms with van der Waals surface area (Å²) < 4.78 is 15.9. The van der Waals surface area contributed by atoms with Crippen molar-refractivity contribution in [2.24, 2.45) is 0 Å². The number of rotatable bonds is 1. The molecule has 0 amide bonds. The maximum Gasteiger partial charge on any atom is 0.205 e. The molecule has 0 radical (unpaired) electrons. The van der Waals surface area contributed by atoms with Crippen molar-refractivity contribution in [1.29, 1.82) is 0 Å². The Balaban J connectivity index is 2.38. The highest BCUT2D eigenvalue weighted by atomic mass is 79.9. The molecule has 3 aromatic rings. The van der Waals surface area contributed by atoms with Crippen LogP contribution in [0.2, 0.25) is 15.1 Å². The Morgan fingerprint density at radius 3 is 2.57 bits per heavy atom. The van der Waals surface area contributed by atoms with Gasteiger partial charge in [0.2, 0.25) is 5.95 Å². The average Bonchev–Trinajstić information content (AvgIpc) is 2.73. The topological polar surface area (TPSA) is 43.8 Å². The van der Waals surface area contributed by atoms with Crippen LogP contribution in [0.25, 0.3) is 16.7 Å². The maximum atomic E-state index is 13.7. The predicted molar refractivity (Wildman–Crippen MR) is 88.2 cm³/mol. The van der Waals surface area contributed by atoms with E-state index >= 15 is 0 Å². The van der Waals surface area contributed by atoms with E-state index in [0.717, 1.165) is 0 Å². The summed E-state index contributed by atoms with van der Waals surface area (Å²) in [4.78, 5) is 4.16. The van der Waals surface area contributed by atoms with E-state index in [2.05, 4.69) is 20.9 Å². The van der Waals surface area contributed by atoms with E-state index in [0.29, 0.717) is 26.2 Å². The van der Waals surface area contributed by atoms with Crippen LogP contribution in [-0.4, -0.2) is 9.55 Å². The minimum Gasteiger partial charge on any atom is -0.369 e. The average molecular weight is 409 g/mol. The summed E-state index contributed by atoms with van der Waals surface area (Å²) in [6.45, 7) is 0. The molecule has 8 heteroatoms. The molecule has 2 aromatic carbocycles. The zero-order valence-electron chi connectivity index (χ0n) is 10.2. The highest BCUT2D eigenvalue weighted by Gasteiger charge is 2.17. The van der Waals surface area contributed by atoms with Crippen LogP contribution in [0.15, 0.2) is 28.7 Å². The van der Waals surface area contributed by atoms with Crippen molar-refractivity contribution in [3.63, 3.8) is 0 Å². The first-order valence-corrected chi connectivity index (χ1v) is 7.59. The molecule has 0 atom stereocenters. The second-order valence-corrected chi connectivity index (χ2v) is 6.27. The molecule has 0 aliphatic rings. The van der Waals surface area contributed by atoms with Crippen LogP contribution in [0, 0.1) is 5.82 Å². The summed E-state index contributed by atoms with van der Waals surface area (Å²) >= 11 is 21.4. The number of nitrogens with two attached hydrogens (primary N) is 1. The van der Waals surface area contributed by atoms with Crippen molar-refractivity contribution in [3.05, 3.63) is 49.6 Å². The zero-order chi connectivity index (χ0) is 15.3. The Labute approximate surface area is 142 Å². The Hall–Kier alpha value is -1.01. The van der Waals surface area contributed by atoms with Crippen LogP contribution in [-0.2, 0) is 0 Å². The number of halogens is 5. The molecule has 0 unspecified atom stereocenters. The molecular weight excluding hydrogens is 403 g/mol. The molecule has 3 rings (SSSR count). The number of fused-ring (bicyclic) bond motifs is 1. The van der Waals surface area contributed by atoms with Crippen molar-refractivity contribution >= 4 is 67.7 Å². The summed E-state index contributed by atoms with van der Waals surface area (Å²) in [6, 6.07) is 6.10. The van der Waals surface area contributed by atoms with Gasteiger partial charge in [-0.05, 0) is 34.1 Å². The molecule has 3 nitrogen and oxygen atoms in total. The van der Waals surface area contributed by atoms with Crippen molar-refractivity contribution in [1.82, 2.24) is 9.55 Å². The molecule has 0 aliphatic heterocycles. The minimum absolute atomic E-state index is 0.0212. The Bertz CT molecular complexity index is 879. The van der Waals surface area contributed by atoms with E-state index in [9.17, 15) is 4.39 Å². The molecule has 0 saturated carbocycles. The number of aromatic nitrogens is 2. The monoisotopic (exact) mass is 407 g/mol. The van der Waals surface area contributed by atoms with E-state index < -0.39 is 5.82 Å². The third-order valence-corrected chi connectivity index (χ3v) is 5.03. The van der Waals surface area contributed by atoms with Gasteiger partial charge in [-0.3, -0.25) is 4.57 Å². The van der Waals surface area contributed by atoms with Crippen LogP contribution in [0.4, 0.5) is 10.3 Å². The first-order chi connectivity index (χ1) is 9.90. The molecule has 21 heavy (non-hydrogen) atoms. The molecule has 0 aliphatic carbocycles.